The quantitative estimate of drug-likeness (QED) is 0.803. The van der Waals surface area contributed by atoms with Gasteiger partial charge in [0.1, 0.15) is 0 Å². The SMILES string of the molecule is CCNC1C(CN2CCOCC2CO)CCCC1(C)C. The van der Waals surface area contributed by atoms with Gasteiger partial charge in [0.2, 0.25) is 0 Å². The van der Waals surface area contributed by atoms with Gasteiger partial charge in [-0.2, -0.15) is 0 Å². The second-order valence-corrected chi connectivity index (χ2v) is 7.08. The Morgan fingerprint density at radius 3 is 2.90 bits per heavy atom. The van der Waals surface area contributed by atoms with Crippen LogP contribution in [0, 0.1) is 11.3 Å². The minimum absolute atomic E-state index is 0.191. The van der Waals surface area contributed by atoms with Crippen LogP contribution >= 0.6 is 0 Å². The first-order valence-corrected chi connectivity index (χ1v) is 8.24. The average Bonchev–Trinajstić information content (AvgIpc) is 2.43. The number of aliphatic hydroxyl groups excluding tert-OH is 1. The van der Waals surface area contributed by atoms with Gasteiger partial charge in [-0.3, -0.25) is 4.90 Å². The summed E-state index contributed by atoms with van der Waals surface area (Å²) in [5, 5.41) is 13.3. The molecule has 2 fully saturated rings. The van der Waals surface area contributed by atoms with Crippen LogP contribution in [0.2, 0.25) is 0 Å². The monoisotopic (exact) mass is 284 g/mol. The maximum Gasteiger partial charge on any atom is 0.0644 e. The normalized spacial score (nSPS) is 35.1. The van der Waals surface area contributed by atoms with Crippen LogP contribution < -0.4 is 5.32 Å². The summed E-state index contributed by atoms with van der Waals surface area (Å²) in [4.78, 5) is 2.44. The van der Waals surface area contributed by atoms with Gasteiger partial charge >= 0.3 is 0 Å². The molecular weight excluding hydrogens is 252 g/mol. The first-order chi connectivity index (χ1) is 9.58. The summed E-state index contributed by atoms with van der Waals surface area (Å²) in [5.74, 6) is 0.686. The summed E-state index contributed by atoms with van der Waals surface area (Å²) in [6, 6.07) is 0.777. The molecule has 4 nitrogen and oxygen atoms in total. The van der Waals surface area contributed by atoms with E-state index in [1.54, 1.807) is 0 Å². The third kappa shape index (κ3) is 3.73. The lowest BCUT2D eigenvalue weighted by Crippen LogP contribution is -2.56. The number of rotatable bonds is 5. The third-order valence-corrected chi connectivity index (χ3v) is 5.16. The zero-order valence-corrected chi connectivity index (χ0v) is 13.4. The maximum absolute atomic E-state index is 9.53. The van der Waals surface area contributed by atoms with E-state index in [9.17, 15) is 5.11 Å². The van der Waals surface area contributed by atoms with Crippen LogP contribution in [0.25, 0.3) is 0 Å². The highest BCUT2D eigenvalue weighted by molar-refractivity contribution is 4.95. The summed E-state index contributed by atoms with van der Waals surface area (Å²) in [6.07, 6.45) is 3.94. The Labute approximate surface area is 123 Å². The number of nitrogens with zero attached hydrogens (tertiary/aromatic N) is 1. The highest BCUT2D eigenvalue weighted by atomic mass is 16.5. The van der Waals surface area contributed by atoms with Gasteiger partial charge in [-0.1, -0.05) is 27.2 Å². The molecule has 1 aliphatic carbocycles. The van der Waals surface area contributed by atoms with Crippen molar-refractivity contribution in [3.63, 3.8) is 0 Å². The average molecular weight is 284 g/mol. The van der Waals surface area contributed by atoms with E-state index in [0.29, 0.717) is 24.0 Å². The molecular formula is C16H32N2O2. The second-order valence-electron chi connectivity index (χ2n) is 7.08. The molecule has 1 saturated heterocycles. The molecule has 2 rings (SSSR count). The molecule has 3 atom stereocenters. The fourth-order valence-corrected chi connectivity index (χ4v) is 4.04. The van der Waals surface area contributed by atoms with E-state index in [-0.39, 0.29) is 12.6 Å². The molecule has 0 radical (unpaired) electrons. The molecule has 3 unspecified atom stereocenters. The van der Waals surface area contributed by atoms with E-state index in [1.165, 1.54) is 19.3 Å². The van der Waals surface area contributed by atoms with E-state index in [0.717, 1.165) is 26.2 Å². The predicted octanol–water partition coefficient (Wildman–Crippen LogP) is 1.48. The summed E-state index contributed by atoms with van der Waals surface area (Å²) in [6.45, 7) is 11.8. The molecule has 2 N–H and O–H groups in total. The smallest absolute Gasteiger partial charge is 0.0644 e. The first kappa shape index (κ1) is 16.2. The van der Waals surface area contributed by atoms with Crippen molar-refractivity contribution in [3.8, 4) is 0 Å². The first-order valence-electron chi connectivity index (χ1n) is 8.24. The van der Waals surface area contributed by atoms with Gasteiger partial charge in [0.05, 0.1) is 25.9 Å². The number of hydrogen-bond acceptors (Lipinski definition) is 4. The Balaban J connectivity index is 2.01. The predicted molar refractivity (Wildman–Crippen MR) is 81.9 cm³/mol. The van der Waals surface area contributed by atoms with Crippen molar-refractivity contribution in [2.45, 2.75) is 52.1 Å². The van der Waals surface area contributed by atoms with Crippen molar-refractivity contribution in [3.05, 3.63) is 0 Å². The van der Waals surface area contributed by atoms with E-state index < -0.39 is 0 Å². The number of hydrogen-bond donors (Lipinski definition) is 2. The highest BCUT2D eigenvalue weighted by Crippen LogP contribution is 2.39. The number of morpholine rings is 1. The van der Waals surface area contributed by atoms with Crippen LogP contribution in [0.3, 0.4) is 0 Å². The van der Waals surface area contributed by atoms with Crippen molar-refractivity contribution in [1.29, 1.82) is 0 Å². The van der Waals surface area contributed by atoms with Gasteiger partial charge in [0, 0.05) is 19.1 Å². The van der Waals surface area contributed by atoms with Crippen LogP contribution in [0.1, 0.15) is 40.0 Å². The summed E-state index contributed by atoms with van der Waals surface area (Å²) in [7, 11) is 0. The summed E-state index contributed by atoms with van der Waals surface area (Å²) in [5.41, 5.74) is 0.375. The van der Waals surface area contributed by atoms with Crippen LogP contribution in [-0.4, -0.2) is 61.5 Å². The fourth-order valence-electron chi connectivity index (χ4n) is 4.04. The van der Waals surface area contributed by atoms with Gasteiger partial charge in [0.25, 0.3) is 0 Å². The van der Waals surface area contributed by atoms with Crippen molar-refractivity contribution in [1.82, 2.24) is 10.2 Å². The Morgan fingerprint density at radius 2 is 2.20 bits per heavy atom. The molecule has 1 heterocycles. The highest BCUT2D eigenvalue weighted by Gasteiger charge is 2.39. The van der Waals surface area contributed by atoms with Crippen LogP contribution in [-0.2, 0) is 4.74 Å². The zero-order chi connectivity index (χ0) is 14.6. The summed E-state index contributed by atoms with van der Waals surface area (Å²) >= 11 is 0. The second kappa shape index (κ2) is 7.21. The van der Waals surface area contributed by atoms with Gasteiger partial charge in [-0.05, 0) is 30.7 Å². The van der Waals surface area contributed by atoms with Crippen molar-refractivity contribution in [2.75, 3.05) is 39.5 Å². The van der Waals surface area contributed by atoms with E-state index in [1.807, 2.05) is 0 Å². The van der Waals surface area contributed by atoms with Crippen molar-refractivity contribution >= 4 is 0 Å². The molecule has 2 aliphatic rings. The molecule has 0 bridgehead atoms. The molecule has 4 heteroatoms. The molecule has 0 aromatic rings. The molecule has 20 heavy (non-hydrogen) atoms. The van der Waals surface area contributed by atoms with E-state index >= 15 is 0 Å². The van der Waals surface area contributed by atoms with E-state index in [2.05, 4.69) is 31.0 Å². The van der Waals surface area contributed by atoms with Crippen LogP contribution in [0.5, 0.6) is 0 Å². The Hall–Kier alpha value is -0.160. The topological polar surface area (TPSA) is 44.7 Å². The third-order valence-electron chi connectivity index (χ3n) is 5.16. The lowest BCUT2D eigenvalue weighted by atomic mass is 9.67. The maximum atomic E-state index is 9.53. The molecule has 0 amide bonds. The van der Waals surface area contributed by atoms with Gasteiger partial charge in [-0.25, -0.2) is 0 Å². The Morgan fingerprint density at radius 1 is 1.40 bits per heavy atom. The molecule has 0 aromatic carbocycles. The van der Waals surface area contributed by atoms with Crippen LogP contribution in [0.4, 0.5) is 0 Å². The van der Waals surface area contributed by atoms with Crippen molar-refractivity contribution < 1.29 is 9.84 Å². The molecule has 1 aliphatic heterocycles. The molecule has 118 valence electrons. The molecule has 0 aromatic heterocycles. The van der Waals surface area contributed by atoms with Gasteiger partial charge in [0.15, 0.2) is 0 Å². The minimum Gasteiger partial charge on any atom is -0.395 e. The van der Waals surface area contributed by atoms with Crippen LogP contribution in [0.15, 0.2) is 0 Å². The molecule has 0 spiro atoms. The standard InChI is InChI=1S/C16H32N2O2/c1-4-17-15-13(6-5-7-16(15,2)3)10-18-8-9-20-12-14(18)11-19/h13-15,17,19H,4-12H2,1-3H3. The minimum atomic E-state index is 0.191. The molecule has 1 saturated carbocycles. The summed E-state index contributed by atoms with van der Waals surface area (Å²) < 4.78 is 5.49. The fraction of sp³-hybridized carbons (Fsp3) is 1.00. The van der Waals surface area contributed by atoms with Gasteiger partial charge < -0.3 is 15.2 Å². The number of ether oxygens (including phenoxy) is 1. The zero-order valence-electron chi connectivity index (χ0n) is 13.4. The largest absolute Gasteiger partial charge is 0.395 e. The van der Waals surface area contributed by atoms with Crippen molar-refractivity contribution in [2.24, 2.45) is 11.3 Å². The number of nitrogens with one attached hydrogen (secondary N) is 1. The van der Waals surface area contributed by atoms with Gasteiger partial charge in [-0.15, -0.1) is 0 Å². The Bertz CT molecular complexity index is 296. The lowest BCUT2D eigenvalue weighted by Gasteiger charge is -2.47. The van der Waals surface area contributed by atoms with E-state index in [4.69, 9.17) is 4.74 Å². The lowest BCUT2D eigenvalue weighted by molar-refractivity contribution is -0.0432. The Kier molecular flexibility index (Phi) is 5.84. The number of aliphatic hydroxyl groups is 1.